The molecule has 0 aliphatic rings. The van der Waals surface area contributed by atoms with Gasteiger partial charge in [0.2, 0.25) is 0 Å². The quantitative estimate of drug-likeness (QED) is 0.745. The molecule has 0 aromatic heterocycles. The third-order valence-electron chi connectivity index (χ3n) is 3.36. The largest absolute Gasteiger partial charge is 0.495 e. The highest BCUT2D eigenvalue weighted by Crippen LogP contribution is 2.27. The van der Waals surface area contributed by atoms with Crippen LogP contribution in [0.2, 0.25) is 5.02 Å². The van der Waals surface area contributed by atoms with Crippen molar-refractivity contribution < 1.29 is 28.2 Å². The van der Waals surface area contributed by atoms with Crippen molar-refractivity contribution in [2.75, 3.05) is 26.1 Å². The second-order valence-electron chi connectivity index (χ2n) is 5.20. The van der Waals surface area contributed by atoms with E-state index in [0.717, 1.165) is 0 Å². The van der Waals surface area contributed by atoms with E-state index in [2.05, 4.69) is 5.32 Å². The van der Waals surface area contributed by atoms with Crippen LogP contribution < -0.4 is 14.8 Å². The van der Waals surface area contributed by atoms with Crippen molar-refractivity contribution in [2.45, 2.75) is 6.42 Å². The maximum Gasteiger partial charge on any atom is 0.310 e. The maximum absolute atomic E-state index is 13.6. The van der Waals surface area contributed by atoms with Gasteiger partial charge in [0.15, 0.2) is 18.2 Å². The Morgan fingerprint density at radius 1 is 1.08 bits per heavy atom. The average Bonchev–Trinajstić information content (AvgIpc) is 2.60. The number of halogens is 2. The van der Waals surface area contributed by atoms with Gasteiger partial charge in [-0.3, -0.25) is 9.59 Å². The molecule has 0 unspecified atom stereocenters. The molecule has 0 fully saturated rings. The summed E-state index contributed by atoms with van der Waals surface area (Å²) < 4.78 is 28.4. The Hall–Kier alpha value is -2.80. The van der Waals surface area contributed by atoms with E-state index in [4.69, 9.17) is 25.8 Å². The molecule has 8 heteroatoms. The van der Waals surface area contributed by atoms with Crippen LogP contribution in [0.25, 0.3) is 0 Å². The summed E-state index contributed by atoms with van der Waals surface area (Å²) in [6.07, 6.45) is -0.172. The van der Waals surface area contributed by atoms with Gasteiger partial charge in [-0.05, 0) is 35.9 Å². The van der Waals surface area contributed by atoms with Crippen molar-refractivity contribution in [1.29, 1.82) is 0 Å². The van der Waals surface area contributed by atoms with Gasteiger partial charge in [-0.25, -0.2) is 4.39 Å². The highest BCUT2D eigenvalue weighted by Gasteiger charge is 2.13. The number of hydrogen-bond donors (Lipinski definition) is 1. The molecule has 0 heterocycles. The number of anilines is 1. The van der Waals surface area contributed by atoms with E-state index in [1.165, 1.54) is 32.4 Å². The fourth-order valence-corrected chi connectivity index (χ4v) is 2.32. The minimum atomic E-state index is -0.664. The highest BCUT2D eigenvalue weighted by atomic mass is 35.5. The summed E-state index contributed by atoms with van der Waals surface area (Å²) in [6.45, 7) is -0.493. The zero-order valence-corrected chi connectivity index (χ0v) is 14.9. The van der Waals surface area contributed by atoms with Crippen LogP contribution in [-0.2, 0) is 20.7 Å². The number of rotatable bonds is 7. The highest BCUT2D eigenvalue weighted by molar-refractivity contribution is 6.31. The molecule has 0 saturated carbocycles. The molecule has 0 saturated heterocycles. The Morgan fingerprint density at radius 3 is 2.42 bits per heavy atom. The number of methoxy groups -OCH3 is 2. The summed E-state index contributed by atoms with van der Waals surface area (Å²) in [5.41, 5.74) is 0.767. The van der Waals surface area contributed by atoms with Gasteiger partial charge in [0.25, 0.3) is 5.91 Å². The number of carbonyl (C=O) groups is 2. The van der Waals surface area contributed by atoms with Crippen LogP contribution in [0.5, 0.6) is 11.5 Å². The van der Waals surface area contributed by atoms with Crippen molar-refractivity contribution in [2.24, 2.45) is 0 Å². The fraction of sp³-hybridized carbons (Fsp3) is 0.222. The lowest BCUT2D eigenvalue weighted by Gasteiger charge is -2.11. The molecule has 0 aliphatic carbocycles. The number of carbonyl (C=O) groups excluding carboxylic acids is 2. The lowest BCUT2D eigenvalue weighted by Crippen LogP contribution is -2.22. The van der Waals surface area contributed by atoms with E-state index in [-0.39, 0.29) is 12.2 Å². The van der Waals surface area contributed by atoms with Crippen LogP contribution in [0, 0.1) is 5.82 Å². The second-order valence-corrected chi connectivity index (χ2v) is 5.64. The fourth-order valence-electron chi connectivity index (χ4n) is 2.15. The zero-order valence-electron chi connectivity index (χ0n) is 14.2. The topological polar surface area (TPSA) is 73.9 Å². The van der Waals surface area contributed by atoms with Crippen molar-refractivity contribution in [3.8, 4) is 11.5 Å². The first kappa shape index (κ1) is 19.5. The number of amides is 1. The molecule has 0 atom stereocenters. The first-order chi connectivity index (χ1) is 12.4. The van der Waals surface area contributed by atoms with Gasteiger partial charge in [-0.2, -0.15) is 0 Å². The second kappa shape index (κ2) is 9.05. The molecule has 0 bridgehead atoms. The third kappa shape index (κ3) is 5.35. The molecule has 2 aromatic rings. The van der Waals surface area contributed by atoms with Crippen molar-refractivity contribution in [3.05, 3.63) is 52.8 Å². The van der Waals surface area contributed by atoms with E-state index in [1.54, 1.807) is 18.2 Å². The van der Waals surface area contributed by atoms with E-state index in [1.807, 2.05) is 0 Å². The van der Waals surface area contributed by atoms with E-state index >= 15 is 0 Å². The van der Waals surface area contributed by atoms with Gasteiger partial charge >= 0.3 is 5.97 Å². The van der Waals surface area contributed by atoms with Gasteiger partial charge in [0.1, 0.15) is 5.75 Å². The lowest BCUT2D eigenvalue weighted by molar-refractivity contribution is -0.146. The van der Waals surface area contributed by atoms with Gasteiger partial charge in [0.05, 0.1) is 26.3 Å². The van der Waals surface area contributed by atoms with Crippen LogP contribution in [0.3, 0.4) is 0 Å². The predicted octanol–water partition coefficient (Wildman–Crippen LogP) is 3.22. The summed E-state index contributed by atoms with van der Waals surface area (Å²) in [7, 11) is 2.80. The average molecular weight is 382 g/mol. The molecule has 1 amide bonds. The number of hydrogen-bond acceptors (Lipinski definition) is 5. The van der Waals surface area contributed by atoms with Crippen LogP contribution >= 0.6 is 11.6 Å². The Bertz CT molecular complexity index is 812. The number of nitrogens with one attached hydrogen (secondary N) is 1. The molecule has 0 aliphatic heterocycles. The summed E-state index contributed by atoms with van der Waals surface area (Å²) in [5, 5.41) is 2.96. The standard InChI is InChI=1S/C18H17ClFNO5/c1-24-15-5-3-11(7-13(15)20)8-18(23)26-10-17(22)21-14-9-12(19)4-6-16(14)25-2/h3-7,9H,8,10H2,1-2H3,(H,21,22). The van der Waals surface area contributed by atoms with Crippen molar-refractivity contribution in [3.63, 3.8) is 0 Å². The molecule has 1 N–H and O–H groups in total. The molecule has 0 radical (unpaired) electrons. The number of ether oxygens (including phenoxy) is 3. The first-order valence-corrected chi connectivity index (χ1v) is 7.92. The van der Waals surface area contributed by atoms with Crippen molar-refractivity contribution in [1.82, 2.24) is 0 Å². The minimum absolute atomic E-state index is 0.0805. The monoisotopic (exact) mass is 381 g/mol. The first-order valence-electron chi connectivity index (χ1n) is 7.54. The summed E-state index contributed by atoms with van der Waals surface area (Å²) in [5.74, 6) is -1.30. The molecular weight excluding hydrogens is 365 g/mol. The summed E-state index contributed by atoms with van der Waals surface area (Å²) >= 11 is 5.88. The third-order valence-corrected chi connectivity index (χ3v) is 3.60. The summed E-state index contributed by atoms with van der Waals surface area (Å²) in [4.78, 5) is 23.7. The predicted molar refractivity (Wildman–Crippen MR) is 94.2 cm³/mol. The van der Waals surface area contributed by atoms with Crippen molar-refractivity contribution >= 4 is 29.2 Å². The normalized spacial score (nSPS) is 10.2. The Labute approximate surface area is 154 Å². The molecule has 2 aromatic carbocycles. The number of esters is 1. The van der Waals surface area contributed by atoms with Crippen LogP contribution in [0.4, 0.5) is 10.1 Å². The minimum Gasteiger partial charge on any atom is -0.495 e. The molecule has 2 rings (SSSR count). The Balaban J connectivity index is 1.88. The molecule has 138 valence electrons. The van der Waals surface area contributed by atoms with Crippen LogP contribution in [0.1, 0.15) is 5.56 Å². The number of benzene rings is 2. The molecule has 26 heavy (non-hydrogen) atoms. The molecular formula is C18H17ClFNO5. The smallest absolute Gasteiger partial charge is 0.310 e. The van der Waals surface area contributed by atoms with Crippen LogP contribution in [-0.4, -0.2) is 32.7 Å². The van der Waals surface area contributed by atoms with Gasteiger partial charge in [-0.15, -0.1) is 0 Å². The Kier molecular flexibility index (Phi) is 6.80. The van der Waals surface area contributed by atoms with E-state index in [0.29, 0.717) is 22.0 Å². The zero-order chi connectivity index (χ0) is 19.1. The van der Waals surface area contributed by atoms with Gasteiger partial charge in [-0.1, -0.05) is 17.7 Å². The van der Waals surface area contributed by atoms with Gasteiger partial charge < -0.3 is 19.5 Å². The van der Waals surface area contributed by atoms with E-state index < -0.39 is 24.3 Å². The summed E-state index contributed by atoms with van der Waals surface area (Å²) in [6, 6.07) is 8.86. The molecule has 6 nitrogen and oxygen atoms in total. The van der Waals surface area contributed by atoms with E-state index in [9.17, 15) is 14.0 Å². The Morgan fingerprint density at radius 2 is 1.77 bits per heavy atom. The maximum atomic E-state index is 13.6. The van der Waals surface area contributed by atoms with Crippen LogP contribution in [0.15, 0.2) is 36.4 Å². The lowest BCUT2D eigenvalue weighted by atomic mass is 10.1. The SMILES string of the molecule is COc1ccc(CC(=O)OCC(=O)Nc2cc(Cl)ccc2OC)cc1F. The van der Waals surface area contributed by atoms with Gasteiger partial charge in [0, 0.05) is 5.02 Å². The molecule has 0 spiro atoms.